The molecule has 0 spiro atoms. The standard InChI is InChI=1S/C13H18FN3O2/c1-19-11-3-2-9(6-10(11)14)16-8-13(4-5-13)7-12(15)17-18/h2-3,6,16,18H,4-5,7-8H2,1H3,(H2,15,17). The van der Waals surface area contributed by atoms with Crippen LogP contribution in [0.1, 0.15) is 19.3 Å². The topological polar surface area (TPSA) is 79.9 Å². The van der Waals surface area contributed by atoms with Gasteiger partial charge in [0.15, 0.2) is 11.6 Å². The van der Waals surface area contributed by atoms with Crippen LogP contribution in [-0.2, 0) is 0 Å². The maximum atomic E-state index is 13.5. The van der Waals surface area contributed by atoms with Crippen LogP contribution in [0.25, 0.3) is 0 Å². The van der Waals surface area contributed by atoms with E-state index >= 15 is 0 Å². The number of halogens is 1. The van der Waals surface area contributed by atoms with Gasteiger partial charge in [-0.15, -0.1) is 0 Å². The summed E-state index contributed by atoms with van der Waals surface area (Å²) in [6, 6.07) is 4.75. The Morgan fingerprint density at radius 1 is 1.58 bits per heavy atom. The van der Waals surface area contributed by atoms with Crippen molar-refractivity contribution in [2.24, 2.45) is 16.3 Å². The zero-order valence-electron chi connectivity index (χ0n) is 10.8. The Bertz CT molecular complexity index is 487. The van der Waals surface area contributed by atoms with E-state index in [9.17, 15) is 4.39 Å². The number of nitrogens with one attached hydrogen (secondary N) is 1. The molecular formula is C13H18FN3O2. The maximum Gasteiger partial charge on any atom is 0.167 e. The average molecular weight is 267 g/mol. The van der Waals surface area contributed by atoms with Gasteiger partial charge in [0, 0.05) is 24.7 Å². The SMILES string of the molecule is COc1ccc(NCC2(CC(N)=NO)CC2)cc1F. The minimum atomic E-state index is -0.395. The van der Waals surface area contributed by atoms with Gasteiger partial charge in [0.05, 0.1) is 7.11 Å². The number of ether oxygens (including phenoxy) is 1. The van der Waals surface area contributed by atoms with E-state index in [2.05, 4.69) is 10.5 Å². The first-order chi connectivity index (χ1) is 9.08. The Morgan fingerprint density at radius 2 is 2.32 bits per heavy atom. The summed E-state index contributed by atoms with van der Waals surface area (Å²) in [4.78, 5) is 0. The van der Waals surface area contributed by atoms with Crippen LogP contribution < -0.4 is 15.8 Å². The number of oxime groups is 1. The number of benzene rings is 1. The summed E-state index contributed by atoms with van der Waals surface area (Å²) in [6.45, 7) is 0.676. The highest BCUT2D eigenvalue weighted by Gasteiger charge is 2.43. The van der Waals surface area contributed by atoms with Gasteiger partial charge in [-0.1, -0.05) is 5.16 Å². The van der Waals surface area contributed by atoms with Crippen LogP contribution in [0.2, 0.25) is 0 Å². The Balaban J connectivity index is 1.94. The average Bonchev–Trinajstić information content (AvgIpc) is 3.16. The lowest BCUT2D eigenvalue weighted by atomic mass is 10.0. The van der Waals surface area contributed by atoms with E-state index in [1.807, 2.05) is 0 Å². The fraction of sp³-hybridized carbons (Fsp3) is 0.462. The predicted octanol–water partition coefficient (Wildman–Crippen LogP) is 2.16. The third kappa shape index (κ3) is 3.27. The molecule has 104 valence electrons. The van der Waals surface area contributed by atoms with Crippen molar-refractivity contribution in [3.8, 4) is 5.75 Å². The van der Waals surface area contributed by atoms with Gasteiger partial charge in [-0.05, 0) is 30.4 Å². The largest absolute Gasteiger partial charge is 0.494 e. The number of nitrogens with zero attached hydrogens (tertiary/aromatic N) is 1. The van der Waals surface area contributed by atoms with Crippen molar-refractivity contribution in [3.05, 3.63) is 24.0 Å². The first kappa shape index (κ1) is 13.5. The molecule has 1 fully saturated rings. The van der Waals surface area contributed by atoms with E-state index in [0.29, 0.717) is 18.7 Å². The maximum absolute atomic E-state index is 13.5. The normalized spacial score (nSPS) is 17.1. The van der Waals surface area contributed by atoms with Crippen molar-refractivity contribution in [2.75, 3.05) is 19.0 Å². The molecule has 1 aromatic rings. The Labute approximate surface area is 111 Å². The minimum absolute atomic E-state index is 0.0344. The Kier molecular flexibility index (Phi) is 3.78. The van der Waals surface area contributed by atoms with Crippen LogP contribution in [0.5, 0.6) is 5.75 Å². The summed E-state index contributed by atoms with van der Waals surface area (Å²) < 4.78 is 18.4. The van der Waals surface area contributed by atoms with Crippen molar-refractivity contribution in [3.63, 3.8) is 0 Å². The monoisotopic (exact) mass is 267 g/mol. The summed E-state index contributed by atoms with van der Waals surface area (Å²) in [5, 5.41) is 14.8. The van der Waals surface area contributed by atoms with Gasteiger partial charge in [-0.3, -0.25) is 0 Å². The van der Waals surface area contributed by atoms with E-state index in [-0.39, 0.29) is 17.0 Å². The Morgan fingerprint density at radius 3 is 2.84 bits per heavy atom. The summed E-state index contributed by atoms with van der Waals surface area (Å²) in [5.41, 5.74) is 6.26. The zero-order valence-corrected chi connectivity index (χ0v) is 10.8. The predicted molar refractivity (Wildman–Crippen MR) is 71.1 cm³/mol. The Hall–Kier alpha value is -1.98. The second kappa shape index (κ2) is 5.34. The highest BCUT2D eigenvalue weighted by molar-refractivity contribution is 5.80. The van der Waals surface area contributed by atoms with Gasteiger partial charge in [0.1, 0.15) is 5.84 Å². The third-order valence-electron chi connectivity index (χ3n) is 3.46. The lowest BCUT2D eigenvalue weighted by molar-refractivity contribution is 0.315. The van der Waals surface area contributed by atoms with E-state index in [1.54, 1.807) is 12.1 Å². The van der Waals surface area contributed by atoms with Crippen LogP contribution in [0, 0.1) is 11.2 Å². The summed E-state index contributed by atoms with van der Waals surface area (Å²) in [5.74, 6) is 0.0670. The van der Waals surface area contributed by atoms with E-state index in [4.69, 9.17) is 15.7 Å². The quantitative estimate of drug-likeness (QED) is 0.319. The fourth-order valence-electron chi connectivity index (χ4n) is 2.08. The fourth-order valence-corrected chi connectivity index (χ4v) is 2.08. The van der Waals surface area contributed by atoms with Crippen LogP contribution in [0.3, 0.4) is 0 Å². The van der Waals surface area contributed by atoms with Crippen LogP contribution in [0.4, 0.5) is 10.1 Å². The molecular weight excluding hydrogens is 249 g/mol. The summed E-state index contributed by atoms with van der Waals surface area (Å²) in [7, 11) is 1.43. The van der Waals surface area contributed by atoms with E-state index in [0.717, 1.165) is 12.8 Å². The van der Waals surface area contributed by atoms with E-state index < -0.39 is 5.82 Å². The van der Waals surface area contributed by atoms with Crippen molar-refractivity contribution < 1.29 is 14.3 Å². The van der Waals surface area contributed by atoms with Gasteiger partial charge in [0.2, 0.25) is 0 Å². The number of hydrogen-bond donors (Lipinski definition) is 3. The van der Waals surface area contributed by atoms with Crippen molar-refractivity contribution in [1.82, 2.24) is 0 Å². The molecule has 0 radical (unpaired) electrons. The smallest absolute Gasteiger partial charge is 0.167 e. The summed E-state index contributed by atoms with van der Waals surface area (Å²) in [6.07, 6.45) is 2.60. The highest BCUT2D eigenvalue weighted by Crippen LogP contribution is 2.48. The highest BCUT2D eigenvalue weighted by atomic mass is 19.1. The lowest BCUT2D eigenvalue weighted by Crippen LogP contribution is -2.23. The molecule has 1 saturated carbocycles. The minimum Gasteiger partial charge on any atom is -0.494 e. The molecule has 2 rings (SSSR count). The molecule has 0 aromatic heterocycles. The van der Waals surface area contributed by atoms with E-state index in [1.165, 1.54) is 13.2 Å². The molecule has 0 aliphatic heterocycles. The molecule has 0 heterocycles. The second-order valence-electron chi connectivity index (χ2n) is 4.97. The number of hydrogen-bond acceptors (Lipinski definition) is 4. The lowest BCUT2D eigenvalue weighted by Gasteiger charge is -2.16. The van der Waals surface area contributed by atoms with Crippen molar-refractivity contribution >= 4 is 11.5 Å². The first-order valence-electron chi connectivity index (χ1n) is 6.12. The number of rotatable bonds is 6. The van der Waals surface area contributed by atoms with Crippen molar-refractivity contribution in [2.45, 2.75) is 19.3 Å². The second-order valence-corrected chi connectivity index (χ2v) is 4.97. The van der Waals surface area contributed by atoms with Crippen LogP contribution >= 0.6 is 0 Å². The first-order valence-corrected chi connectivity index (χ1v) is 6.12. The van der Waals surface area contributed by atoms with Crippen LogP contribution in [0.15, 0.2) is 23.4 Å². The molecule has 1 aliphatic rings. The number of methoxy groups -OCH3 is 1. The third-order valence-corrected chi connectivity index (χ3v) is 3.46. The molecule has 6 heteroatoms. The number of nitrogens with two attached hydrogens (primary N) is 1. The molecule has 0 amide bonds. The van der Waals surface area contributed by atoms with Gasteiger partial charge in [0.25, 0.3) is 0 Å². The van der Waals surface area contributed by atoms with Gasteiger partial charge < -0.3 is 21.0 Å². The van der Waals surface area contributed by atoms with Gasteiger partial charge in [-0.25, -0.2) is 4.39 Å². The summed E-state index contributed by atoms with van der Waals surface area (Å²) >= 11 is 0. The molecule has 1 aromatic carbocycles. The van der Waals surface area contributed by atoms with Gasteiger partial charge >= 0.3 is 0 Å². The molecule has 0 atom stereocenters. The van der Waals surface area contributed by atoms with Crippen molar-refractivity contribution in [1.29, 1.82) is 0 Å². The molecule has 19 heavy (non-hydrogen) atoms. The molecule has 5 nitrogen and oxygen atoms in total. The molecule has 4 N–H and O–H groups in total. The zero-order chi connectivity index (χ0) is 13.9. The van der Waals surface area contributed by atoms with Crippen LogP contribution in [-0.4, -0.2) is 24.7 Å². The van der Waals surface area contributed by atoms with Gasteiger partial charge in [-0.2, -0.15) is 0 Å². The molecule has 0 saturated heterocycles. The molecule has 0 unspecified atom stereocenters. The molecule has 0 bridgehead atoms. The molecule has 1 aliphatic carbocycles. The number of anilines is 1. The number of amidine groups is 1.